The number of nitrogens with zero attached hydrogens (tertiary/aromatic N) is 3. The normalized spacial score (nSPS) is 21.5. The quantitative estimate of drug-likeness (QED) is 0.831. The SMILES string of the molecule is O=C(N[C@H]1CCCN(CC2CCCCC2)C1)c1cccc(Cn2cccn2)c1. The third-order valence-electron chi connectivity index (χ3n) is 6.17. The van der Waals surface area contributed by atoms with Crippen LogP contribution in [0.1, 0.15) is 60.9 Å². The summed E-state index contributed by atoms with van der Waals surface area (Å²) in [6.07, 6.45) is 13.0. The molecule has 1 atom stereocenters. The molecule has 1 amide bonds. The van der Waals surface area contributed by atoms with Gasteiger partial charge in [-0.15, -0.1) is 0 Å². The first-order valence-electron chi connectivity index (χ1n) is 10.9. The molecule has 0 radical (unpaired) electrons. The van der Waals surface area contributed by atoms with E-state index < -0.39 is 0 Å². The molecule has 28 heavy (non-hydrogen) atoms. The van der Waals surface area contributed by atoms with Crippen molar-refractivity contribution in [1.82, 2.24) is 20.0 Å². The number of carbonyl (C=O) groups excluding carboxylic acids is 1. The highest BCUT2D eigenvalue weighted by atomic mass is 16.1. The van der Waals surface area contributed by atoms with E-state index in [2.05, 4.69) is 15.3 Å². The molecule has 150 valence electrons. The van der Waals surface area contributed by atoms with Crippen molar-refractivity contribution < 1.29 is 4.79 Å². The minimum Gasteiger partial charge on any atom is -0.348 e. The summed E-state index contributed by atoms with van der Waals surface area (Å²) in [5.74, 6) is 0.911. The van der Waals surface area contributed by atoms with E-state index in [-0.39, 0.29) is 11.9 Å². The van der Waals surface area contributed by atoms with Gasteiger partial charge in [-0.2, -0.15) is 5.10 Å². The Bertz CT molecular complexity index is 752. The third kappa shape index (κ3) is 5.22. The molecule has 1 aromatic heterocycles. The molecule has 2 aliphatic rings. The minimum absolute atomic E-state index is 0.0480. The van der Waals surface area contributed by atoms with E-state index in [1.165, 1.54) is 51.6 Å². The highest BCUT2D eigenvalue weighted by Gasteiger charge is 2.24. The Hall–Kier alpha value is -2.14. The van der Waals surface area contributed by atoms with Crippen molar-refractivity contribution in [3.8, 4) is 0 Å². The monoisotopic (exact) mass is 380 g/mol. The van der Waals surface area contributed by atoms with Crippen LogP contribution in [0.25, 0.3) is 0 Å². The number of benzene rings is 1. The molecular weight excluding hydrogens is 348 g/mol. The molecule has 1 aliphatic carbocycles. The Balaban J connectivity index is 1.31. The molecule has 0 bridgehead atoms. The molecule has 1 aromatic carbocycles. The average Bonchev–Trinajstić information content (AvgIpc) is 3.22. The Morgan fingerprint density at radius 1 is 1.11 bits per heavy atom. The zero-order valence-electron chi connectivity index (χ0n) is 16.7. The van der Waals surface area contributed by atoms with Gasteiger partial charge in [-0.3, -0.25) is 9.48 Å². The van der Waals surface area contributed by atoms with Gasteiger partial charge in [0.2, 0.25) is 0 Å². The molecular formula is C23H32N4O. The molecule has 1 aliphatic heterocycles. The van der Waals surface area contributed by atoms with Crippen molar-refractivity contribution in [3.63, 3.8) is 0 Å². The standard InChI is InChI=1S/C23H32N4O/c28-23(21-10-4-9-20(15-21)17-27-14-6-12-24-27)25-22-11-5-13-26(18-22)16-19-7-2-1-3-8-19/h4,6,9-10,12,14-15,19,22H,1-3,5,7-8,11,13,16-18H2,(H,25,28)/t22-/m0/s1. The first kappa shape index (κ1) is 19.2. The topological polar surface area (TPSA) is 50.2 Å². The highest BCUT2D eigenvalue weighted by molar-refractivity contribution is 5.94. The number of hydrogen-bond donors (Lipinski definition) is 1. The van der Waals surface area contributed by atoms with Crippen LogP contribution in [0.4, 0.5) is 0 Å². The third-order valence-corrected chi connectivity index (χ3v) is 6.17. The fourth-order valence-electron chi connectivity index (χ4n) is 4.73. The molecule has 2 heterocycles. The van der Waals surface area contributed by atoms with E-state index in [1.54, 1.807) is 6.20 Å². The fraction of sp³-hybridized carbons (Fsp3) is 0.565. The van der Waals surface area contributed by atoms with Gasteiger partial charge < -0.3 is 10.2 Å². The number of nitrogens with one attached hydrogen (secondary N) is 1. The van der Waals surface area contributed by atoms with Crippen molar-refractivity contribution in [2.24, 2.45) is 5.92 Å². The molecule has 2 fully saturated rings. The van der Waals surface area contributed by atoms with Gasteiger partial charge >= 0.3 is 0 Å². The summed E-state index contributed by atoms with van der Waals surface area (Å²) in [4.78, 5) is 15.4. The van der Waals surface area contributed by atoms with Crippen molar-refractivity contribution >= 4 is 5.91 Å². The summed E-state index contributed by atoms with van der Waals surface area (Å²) in [6, 6.07) is 10.1. The van der Waals surface area contributed by atoms with Gasteiger partial charge in [-0.05, 0) is 61.9 Å². The number of likely N-dealkylation sites (tertiary alicyclic amines) is 1. The van der Waals surface area contributed by atoms with Gasteiger partial charge in [-0.1, -0.05) is 31.4 Å². The molecule has 0 unspecified atom stereocenters. The summed E-state index contributed by atoms with van der Waals surface area (Å²) in [6.45, 7) is 4.08. The maximum atomic E-state index is 12.8. The van der Waals surface area contributed by atoms with Crippen LogP contribution in [0.2, 0.25) is 0 Å². The van der Waals surface area contributed by atoms with Crippen molar-refractivity contribution in [2.75, 3.05) is 19.6 Å². The number of carbonyl (C=O) groups is 1. The first-order valence-corrected chi connectivity index (χ1v) is 10.9. The molecule has 5 nitrogen and oxygen atoms in total. The Kier molecular flexibility index (Phi) is 6.42. The van der Waals surface area contributed by atoms with E-state index in [0.29, 0.717) is 6.54 Å². The van der Waals surface area contributed by atoms with E-state index in [4.69, 9.17) is 0 Å². The minimum atomic E-state index is 0.0480. The fourth-order valence-corrected chi connectivity index (χ4v) is 4.73. The van der Waals surface area contributed by atoms with Crippen molar-refractivity contribution in [1.29, 1.82) is 0 Å². The molecule has 5 heteroatoms. The maximum absolute atomic E-state index is 12.8. The van der Waals surface area contributed by atoms with Crippen LogP contribution in [-0.4, -0.2) is 46.3 Å². The Labute approximate surface area is 168 Å². The zero-order chi connectivity index (χ0) is 19.2. The highest BCUT2D eigenvalue weighted by Crippen LogP contribution is 2.25. The van der Waals surface area contributed by atoms with Crippen LogP contribution in [0.3, 0.4) is 0 Å². The zero-order valence-corrected chi connectivity index (χ0v) is 16.7. The summed E-state index contributed by atoms with van der Waals surface area (Å²) < 4.78 is 1.88. The van der Waals surface area contributed by atoms with E-state index in [1.807, 2.05) is 41.2 Å². The summed E-state index contributed by atoms with van der Waals surface area (Å²) in [7, 11) is 0. The van der Waals surface area contributed by atoms with Gasteiger partial charge in [0.1, 0.15) is 0 Å². The second-order valence-electron chi connectivity index (χ2n) is 8.48. The van der Waals surface area contributed by atoms with Crippen LogP contribution in [0.15, 0.2) is 42.7 Å². The van der Waals surface area contributed by atoms with E-state index in [0.717, 1.165) is 30.0 Å². The smallest absolute Gasteiger partial charge is 0.251 e. The number of amides is 1. The maximum Gasteiger partial charge on any atom is 0.251 e. The van der Waals surface area contributed by atoms with Crippen LogP contribution in [0, 0.1) is 5.92 Å². The van der Waals surface area contributed by atoms with Gasteiger partial charge in [0.05, 0.1) is 6.54 Å². The second kappa shape index (κ2) is 9.37. The van der Waals surface area contributed by atoms with Gasteiger partial charge in [-0.25, -0.2) is 0 Å². The summed E-state index contributed by atoms with van der Waals surface area (Å²) in [5.41, 5.74) is 1.84. The average molecular weight is 381 g/mol. The largest absolute Gasteiger partial charge is 0.348 e. The predicted molar refractivity (Wildman–Crippen MR) is 111 cm³/mol. The number of piperidine rings is 1. The molecule has 1 saturated heterocycles. The van der Waals surface area contributed by atoms with Gasteiger partial charge in [0, 0.05) is 37.1 Å². The Morgan fingerprint density at radius 3 is 2.82 bits per heavy atom. The van der Waals surface area contributed by atoms with Crippen LogP contribution < -0.4 is 5.32 Å². The lowest BCUT2D eigenvalue weighted by molar-refractivity contribution is 0.0890. The van der Waals surface area contributed by atoms with Crippen molar-refractivity contribution in [2.45, 2.75) is 57.5 Å². The summed E-state index contributed by atoms with van der Waals surface area (Å²) >= 11 is 0. The lowest BCUT2D eigenvalue weighted by atomic mass is 9.88. The molecule has 1 N–H and O–H groups in total. The number of aromatic nitrogens is 2. The number of hydrogen-bond acceptors (Lipinski definition) is 3. The van der Waals surface area contributed by atoms with Crippen molar-refractivity contribution in [3.05, 3.63) is 53.9 Å². The predicted octanol–water partition coefficient (Wildman–Crippen LogP) is 3.71. The lowest BCUT2D eigenvalue weighted by Gasteiger charge is -2.36. The molecule has 4 rings (SSSR count). The molecule has 2 aromatic rings. The number of rotatable bonds is 6. The second-order valence-corrected chi connectivity index (χ2v) is 8.48. The van der Waals surface area contributed by atoms with Crippen LogP contribution in [0.5, 0.6) is 0 Å². The first-order chi connectivity index (χ1) is 13.8. The lowest BCUT2D eigenvalue weighted by Crippen LogP contribution is -2.48. The Morgan fingerprint density at radius 2 is 2.00 bits per heavy atom. The molecule has 1 saturated carbocycles. The summed E-state index contributed by atoms with van der Waals surface area (Å²) in [5, 5.41) is 7.53. The molecule has 0 spiro atoms. The van der Waals surface area contributed by atoms with Crippen LogP contribution in [-0.2, 0) is 6.54 Å². The van der Waals surface area contributed by atoms with Gasteiger partial charge in [0.25, 0.3) is 5.91 Å². The van der Waals surface area contributed by atoms with Gasteiger partial charge in [0.15, 0.2) is 0 Å². The van der Waals surface area contributed by atoms with E-state index in [9.17, 15) is 4.79 Å². The van der Waals surface area contributed by atoms with E-state index >= 15 is 0 Å². The van der Waals surface area contributed by atoms with Crippen LogP contribution >= 0.6 is 0 Å².